The molecule has 1 saturated carbocycles. The fourth-order valence-corrected chi connectivity index (χ4v) is 4.03. The molecule has 0 nitrogen and oxygen atoms in total. The van der Waals surface area contributed by atoms with Crippen molar-refractivity contribution in [2.45, 2.75) is 58.3 Å². The average Bonchev–Trinajstić information content (AvgIpc) is 2.54. The number of rotatable bonds is 2. The molecule has 1 aromatic carbocycles. The molecule has 0 aromatic heterocycles. The van der Waals surface area contributed by atoms with E-state index >= 15 is 0 Å². The Bertz CT molecular complexity index is 539. The molecule has 1 fully saturated rings. The van der Waals surface area contributed by atoms with Crippen LogP contribution in [0.1, 0.15) is 62.5 Å². The van der Waals surface area contributed by atoms with Gasteiger partial charge >= 0.3 is 0 Å². The van der Waals surface area contributed by atoms with Gasteiger partial charge in [-0.05, 0) is 49.2 Å². The Labute approximate surface area is 126 Å². The second-order valence-corrected chi connectivity index (χ2v) is 6.72. The molecule has 0 aliphatic heterocycles. The van der Waals surface area contributed by atoms with Gasteiger partial charge < -0.3 is 0 Å². The Hall–Kier alpha value is -1.18. The van der Waals surface area contributed by atoms with Gasteiger partial charge in [-0.25, -0.2) is 8.78 Å². The first-order valence-electron chi connectivity index (χ1n) is 8.31. The third-order valence-electron chi connectivity index (χ3n) is 5.39. The van der Waals surface area contributed by atoms with E-state index in [0.717, 1.165) is 36.7 Å². The molecule has 0 radical (unpaired) electrons. The highest BCUT2D eigenvalue weighted by molar-refractivity contribution is 5.67. The van der Waals surface area contributed by atoms with Crippen molar-refractivity contribution in [3.05, 3.63) is 41.0 Å². The molecule has 0 bridgehead atoms. The second kappa shape index (κ2) is 6.29. The molecule has 2 heteroatoms. The number of benzene rings is 1. The van der Waals surface area contributed by atoms with Gasteiger partial charge in [0.25, 0.3) is 0 Å². The molecule has 2 aliphatic carbocycles. The molecule has 1 aromatic rings. The quantitative estimate of drug-likeness (QED) is 0.623. The Balaban J connectivity index is 1.74. The van der Waals surface area contributed by atoms with Gasteiger partial charge in [0.05, 0.1) is 0 Å². The van der Waals surface area contributed by atoms with Crippen molar-refractivity contribution in [2.75, 3.05) is 0 Å². The lowest BCUT2D eigenvalue weighted by Crippen LogP contribution is -2.19. The SMILES string of the molecule is Cc1ccc(C2=CCC(C3CCCCC3)CC2)c(F)c1F. The predicted octanol–water partition coefficient (Wildman–Crippen LogP) is 6.04. The van der Waals surface area contributed by atoms with Crippen LogP contribution >= 0.6 is 0 Å². The van der Waals surface area contributed by atoms with E-state index in [-0.39, 0.29) is 0 Å². The van der Waals surface area contributed by atoms with E-state index < -0.39 is 11.6 Å². The van der Waals surface area contributed by atoms with E-state index in [1.807, 2.05) is 0 Å². The lowest BCUT2D eigenvalue weighted by atomic mass is 9.73. The van der Waals surface area contributed by atoms with Crippen molar-refractivity contribution >= 4 is 5.57 Å². The van der Waals surface area contributed by atoms with Crippen LogP contribution < -0.4 is 0 Å². The van der Waals surface area contributed by atoms with Crippen LogP contribution in [0.15, 0.2) is 18.2 Å². The Kier molecular flexibility index (Phi) is 4.42. The van der Waals surface area contributed by atoms with E-state index in [2.05, 4.69) is 6.08 Å². The molecule has 0 spiro atoms. The summed E-state index contributed by atoms with van der Waals surface area (Å²) in [6, 6.07) is 3.42. The summed E-state index contributed by atoms with van der Waals surface area (Å²) in [5.41, 5.74) is 1.85. The topological polar surface area (TPSA) is 0 Å². The Morgan fingerprint density at radius 1 is 0.905 bits per heavy atom. The first-order valence-corrected chi connectivity index (χ1v) is 8.31. The van der Waals surface area contributed by atoms with Crippen molar-refractivity contribution in [2.24, 2.45) is 11.8 Å². The maximum absolute atomic E-state index is 14.1. The van der Waals surface area contributed by atoms with Crippen molar-refractivity contribution in [1.29, 1.82) is 0 Å². The van der Waals surface area contributed by atoms with Crippen LogP contribution in [0, 0.1) is 30.4 Å². The highest BCUT2D eigenvalue weighted by Crippen LogP contribution is 2.40. The normalized spacial score (nSPS) is 24.0. The van der Waals surface area contributed by atoms with Gasteiger partial charge in [-0.2, -0.15) is 0 Å². The smallest absolute Gasteiger partial charge is 0.166 e. The van der Waals surface area contributed by atoms with Crippen LogP contribution in [0.4, 0.5) is 8.78 Å². The molecule has 1 unspecified atom stereocenters. The zero-order valence-corrected chi connectivity index (χ0v) is 12.8. The van der Waals surface area contributed by atoms with Gasteiger partial charge in [-0.3, -0.25) is 0 Å². The lowest BCUT2D eigenvalue weighted by molar-refractivity contribution is 0.235. The summed E-state index contributed by atoms with van der Waals surface area (Å²) in [6.45, 7) is 1.61. The molecule has 0 heterocycles. The minimum Gasteiger partial charge on any atom is -0.203 e. The zero-order valence-electron chi connectivity index (χ0n) is 12.8. The van der Waals surface area contributed by atoms with Crippen LogP contribution in [-0.4, -0.2) is 0 Å². The van der Waals surface area contributed by atoms with E-state index in [1.54, 1.807) is 19.1 Å². The van der Waals surface area contributed by atoms with E-state index in [9.17, 15) is 8.78 Å². The van der Waals surface area contributed by atoms with Gasteiger partial charge in [0.1, 0.15) is 0 Å². The van der Waals surface area contributed by atoms with Gasteiger partial charge in [-0.15, -0.1) is 0 Å². The van der Waals surface area contributed by atoms with E-state index in [4.69, 9.17) is 0 Å². The lowest BCUT2D eigenvalue weighted by Gasteiger charge is -2.32. The zero-order chi connectivity index (χ0) is 14.8. The number of hydrogen-bond acceptors (Lipinski definition) is 0. The number of allylic oxidation sites excluding steroid dienone is 2. The van der Waals surface area contributed by atoms with E-state index in [1.165, 1.54) is 32.1 Å². The Morgan fingerprint density at radius 3 is 2.33 bits per heavy atom. The summed E-state index contributed by atoms with van der Waals surface area (Å²) in [5, 5.41) is 0. The van der Waals surface area contributed by atoms with Gasteiger partial charge in [0, 0.05) is 5.56 Å². The first kappa shape index (κ1) is 14.7. The Morgan fingerprint density at radius 2 is 1.67 bits per heavy atom. The van der Waals surface area contributed by atoms with Crippen LogP contribution in [0.3, 0.4) is 0 Å². The minimum atomic E-state index is -0.692. The molecule has 2 aliphatic rings. The number of hydrogen-bond donors (Lipinski definition) is 0. The molecule has 1 atom stereocenters. The molecule has 114 valence electrons. The summed E-state index contributed by atoms with van der Waals surface area (Å²) in [7, 11) is 0. The van der Waals surface area contributed by atoms with E-state index in [0.29, 0.717) is 11.1 Å². The second-order valence-electron chi connectivity index (χ2n) is 6.72. The van der Waals surface area contributed by atoms with Crippen molar-refractivity contribution in [3.63, 3.8) is 0 Å². The molecule has 0 N–H and O–H groups in total. The number of aryl methyl sites for hydroxylation is 1. The summed E-state index contributed by atoms with van der Waals surface area (Å²) in [6.07, 6.45) is 12.1. The van der Waals surface area contributed by atoms with Crippen molar-refractivity contribution < 1.29 is 8.78 Å². The van der Waals surface area contributed by atoms with Gasteiger partial charge in [0.15, 0.2) is 11.6 Å². The fraction of sp³-hybridized carbons (Fsp3) is 0.579. The monoisotopic (exact) mass is 290 g/mol. The molecule has 0 saturated heterocycles. The maximum Gasteiger partial charge on any atom is 0.166 e. The largest absolute Gasteiger partial charge is 0.203 e. The highest BCUT2D eigenvalue weighted by atomic mass is 19.2. The summed E-state index contributed by atoms with van der Waals surface area (Å²) >= 11 is 0. The first-order chi connectivity index (χ1) is 10.2. The molecular weight excluding hydrogens is 266 g/mol. The van der Waals surface area contributed by atoms with Crippen molar-refractivity contribution in [1.82, 2.24) is 0 Å². The van der Waals surface area contributed by atoms with Gasteiger partial charge in [-0.1, -0.05) is 50.3 Å². The van der Waals surface area contributed by atoms with Crippen molar-refractivity contribution in [3.8, 4) is 0 Å². The standard InChI is InChI=1S/C19H24F2/c1-13-7-12-17(19(21)18(13)20)16-10-8-15(9-11-16)14-5-3-2-4-6-14/h7,10,12,14-15H,2-6,8-9,11H2,1H3. The van der Waals surface area contributed by atoms with Crippen LogP contribution in [-0.2, 0) is 0 Å². The molecule has 21 heavy (non-hydrogen) atoms. The third kappa shape index (κ3) is 3.04. The van der Waals surface area contributed by atoms with Crippen LogP contribution in [0.25, 0.3) is 5.57 Å². The maximum atomic E-state index is 14.1. The number of halogens is 2. The van der Waals surface area contributed by atoms with Gasteiger partial charge in [0.2, 0.25) is 0 Å². The molecule has 3 rings (SSSR count). The average molecular weight is 290 g/mol. The predicted molar refractivity (Wildman–Crippen MR) is 83.0 cm³/mol. The summed E-state index contributed by atoms with van der Waals surface area (Å²) in [5.74, 6) is 0.253. The minimum absolute atomic E-state index is 0.382. The highest BCUT2D eigenvalue weighted by Gasteiger charge is 2.26. The van der Waals surface area contributed by atoms with Crippen LogP contribution in [0.5, 0.6) is 0 Å². The third-order valence-corrected chi connectivity index (χ3v) is 5.39. The molecule has 0 amide bonds. The summed E-state index contributed by atoms with van der Waals surface area (Å²) in [4.78, 5) is 0. The summed E-state index contributed by atoms with van der Waals surface area (Å²) < 4.78 is 27.8. The molecular formula is C19H24F2. The van der Waals surface area contributed by atoms with Crippen LogP contribution in [0.2, 0.25) is 0 Å². The fourth-order valence-electron chi connectivity index (χ4n) is 4.03.